The molecule has 2 saturated heterocycles. The van der Waals surface area contributed by atoms with E-state index in [-0.39, 0.29) is 11.9 Å². The van der Waals surface area contributed by atoms with Gasteiger partial charge in [-0.15, -0.1) is 0 Å². The molecule has 0 aromatic carbocycles. The Morgan fingerprint density at radius 2 is 2.47 bits per heavy atom. The maximum Gasteiger partial charge on any atom is 0.221 e. The molecule has 2 N–H and O–H groups in total. The molecule has 2 heterocycles. The standard InChI is InChI=1S/C12H23N3O2/c1-15-5-2-3-11(15)8-14-12(16)7-10-9-17-6-4-13-10/h10-11,13H,2-9H2,1H3,(H,14,16). The van der Waals surface area contributed by atoms with Crippen molar-refractivity contribution >= 4 is 5.91 Å². The summed E-state index contributed by atoms with van der Waals surface area (Å²) < 4.78 is 5.33. The van der Waals surface area contributed by atoms with E-state index in [4.69, 9.17) is 4.74 Å². The van der Waals surface area contributed by atoms with Crippen LogP contribution in [0.4, 0.5) is 0 Å². The van der Waals surface area contributed by atoms with Gasteiger partial charge in [-0.05, 0) is 26.4 Å². The number of carbonyl (C=O) groups excluding carboxylic acids is 1. The maximum atomic E-state index is 11.7. The lowest BCUT2D eigenvalue weighted by Crippen LogP contribution is -2.45. The van der Waals surface area contributed by atoms with Crippen LogP contribution in [-0.4, -0.2) is 62.8 Å². The van der Waals surface area contributed by atoms with Gasteiger partial charge in [0.25, 0.3) is 0 Å². The molecule has 2 aliphatic rings. The summed E-state index contributed by atoms with van der Waals surface area (Å²) in [4.78, 5) is 14.1. The van der Waals surface area contributed by atoms with Crippen molar-refractivity contribution in [1.29, 1.82) is 0 Å². The van der Waals surface area contributed by atoms with Gasteiger partial charge >= 0.3 is 0 Å². The van der Waals surface area contributed by atoms with Gasteiger partial charge in [0.2, 0.25) is 5.91 Å². The molecule has 0 spiro atoms. The third kappa shape index (κ3) is 3.94. The number of carbonyl (C=O) groups is 1. The van der Waals surface area contributed by atoms with E-state index in [0.717, 1.165) is 26.2 Å². The second kappa shape index (κ2) is 6.33. The number of nitrogens with one attached hydrogen (secondary N) is 2. The number of nitrogens with zero attached hydrogens (tertiary/aromatic N) is 1. The quantitative estimate of drug-likeness (QED) is 0.701. The largest absolute Gasteiger partial charge is 0.378 e. The molecule has 5 heteroatoms. The van der Waals surface area contributed by atoms with Crippen molar-refractivity contribution in [2.75, 3.05) is 39.9 Å². The topological polar surface area (TPSA) is 53.6 Å². The van der Waals surface area contributed by atoms with Crippen molar-refractivity contribution in [2.24, 2.45) is 0 Å². The van der Waals surface area contributed by atoms with Gasteiger partial charge in [0.05, 0.1) is 13.2 Å². The number of likely N-dealkylation sites (tertiary alicyclic amines) is 1. The average Bonchev–Trinajstić information content (AvgIpc) is 2.74. The molecule has 2 fully saturated rings. The normalized spacial score (nSPS) is 30.4. The Labute approximate surface area is 103 Å². The summed E-state index contributed by atoms with van der Waals surface area (Å²) in [7, 11) is 2.13. The Balaban J connectivity index is 1.63. The van der Waals surface area contributed by atoms with Crippen LogP contribution in [0.2, 0.25) is 0 Å². The fraction of sp³-hybridized carbons (Fsp3) is 0.917. The molecular weight excluding hydrogens is 218 g/mol. The van der Waals surface area contributed by atoms with Gasteiger partial charge in [-0.1, -0.05) is 0 Å². The monoisotopic (exact) mass is 241 g/mol. The summed E-state index contributed by atoms with van der Waals surface area (Å²) in [6.07, 6.45) is 2.97. The van der Waals surface area contributed by atoms with Crippen LogP contribution in [0.3, 0.4) is 0 Å². The van der Waals surface area contributed by atoms with Crippen LogP contribution in [0.25, 0.3) is 0 Å². The molecule has 5 nitrogen and oxygen atoms in total. The summed E-state index contributed by atoms with van der Waals surface area (Å²) in [5.74, 6) is 0.133. The Kier molecular flexibility index (Phi) is 4.76. The molecule has 0 aliphatic carbocycles. The maximum absolute atomic E-state index is 11.7. The minimum absolute atomic E-state index is 0.133. The third-order valence-electron chi connectivity index (χ3n) is 3.64. The number of amides is 1. The second-order valence-corrected chi connectivity index (χ2v) is 5.01. The first kappa shape index (κ1) is 12.8. The Hall–Kier alpha value is -0.650. The van der Waals surface area contributed by atoms with E-state index < -0.39 is 0 Å². The van der Waals surface area contributed by atoms with Crippen LogP contribution in [0.1, 0.15) is 19.3 Å². The van der Waals surface area contributed by atoms with Gasteiger partial charge in [-0.25, -0.2) is 0 Å². The summed E-state index contributed by atoms with van der Waals surface area (Å²) in [6.45, 7) is 4.19. The molecule has 17 heavy (non-hydrogen) atoms. The number of hydrogen-bond donors (Lipinski definition) is 2. The van der Waals surface area contributed by atoms with Crippen LogP contribution < -0.4 is 10.6 Å². The molecule has 0 aromatic heterocycles. The summed E-state index contributed by atoms with van der Waals surface area (Å²) in [6, 6.07) is 0.708. The lowest BCUT2D eigenvalue weighted by Gasteiger charge is -2.24. The SMILES string of the molecule is CN1CCCC1CNC(=O)CC1COCCN1. The molecule has 0 radical (unpaired) electrons. The highest BCUT2D eigenvalue weighted by Crippen LogP contribution is 2.13. The number of ether oxygens (including phenoxy) is 1. The number of morpholine rings is 1. The van der Waals surface area contributed by atoms with E-state index in [2.05, 4.69) is 22.6 Å². The molecule has 1 amide bonds. The zero-order valence-corrected chi connectivity index (χ0v) is 10.6. The van der Waals surface area contributed by atoms with Gasteiger partial charge in [-0.3, -0.25) is 4.79 Å². The predicted octanol–water partition coefficient (Wildman–Crippen LogP) is -0.425. The molecule has 2 unspecified atom stereocenters. The van der Waals surface area contributed by atoms with Crippen LogP contribution >= 0.6 is 0 Å². The molecule has 2 aliphatic heterocycles. The van der Waals surface area contributed by atoms with Gasteiger partial charge in [0, 0.05) is 31.6 Å². The number of hydrogen-bond acceptors (Lipinski definition) is 4. The van der Waals surface area contributed by atoms with Gasteiger partial charge in [-0.2, -0.15) is 0 Å². The summed E-state index contributed by atoms with van der Waals surface area (Å²) >= 11 is 0. The Bertz CT molecular complexity index is 254. The van der Waals surface area contributed by atoms with Crippen molar-refractivity contribution in [3.05, 3.63) is 0 Å². The summed E-state index contributed by atoms with van der Waals surface area (Å²) in [5, 5.41) is 6.32. The van der Waals surface area contributed by atoms with Gasteiger partial charge < -0.3 is 20.3 Å². The zero-order valence-electron chi connectivity index (χ0n) is 10.6. The molecular formula is C12H23N3O2. The van der Waals surface area contributed by atoms with Crippen LogP contribution in [0.5, 0.6) is 0 Å². The van der Waals surface area contributed by atoms with Crippen molar-refractivity contribution in [3.63, 3.8) is 0 Å². The van der Waals surface area contributed by atoms with Crippen molar-refractivity contribution < 1.29 is 9.53 Å². The zero-order chi connectivity index (χ0) is 12.1. The van der Waals surface area contributed by atoms with Crippen LogP contribution in [0.15, 0.2) is 0 Å². The average molecular weight is 241 g/mol. The first-order valence-electron chi connectivity index (χ1n) is 6.54. The molecule has 2 rings (SSSR count). The van der Waals surface area contributed by atoms with E-state index in [0.29, 0.717) is 19.1 Å². The van der Waals surface area contributed by atoms with Crippen LogP contribution in [0, 0.1) is 0 Å². The predicted molar refractivity (Wildman–Crippen MR) is 65.9 cm³/mol. The Morgan fingerprint density at radius 1 is 1.59 bits per heavy atom. The molecule has 0 bridgehead atoms. The minimum atomic E-state index is 0.133. The lowest BCUT2D eigenvalue weighted by atomic mass is 10.1. The molecule has 98 valence electrons. The first-order valence-corrected chi connectivity index (χ1v) is 6.54. The molecule has 0 saturated carbocycles. The lowest BCUT2D eigenvalue weighted by molar-refractivity contribution is -0.122. The molecule has 0 aromatic rings. The smallest absolute Gasteiger partial charge is 0.221 e. The van der Waals surface area contributed by atoms with Crippen molar-refractivity contribution in [2.45, 2.75) is 31.3 Å². The highest BCUT2D eigenvalue weighted by Gasteiger charge is 2.22. The third-order valence-corrected chi connectivity index (χ3v) is 3.64. The van der Waals surface area contributed by atoms with E-state index in [1.165, 1.54) is 12.8 Å². The van der Waals surface area contributed by atoms with E-state index >= 15 is 0 Å². The van der Waals surface area contributed by atoms with E-state index in [1.54, 1.807) is 0 Å². The van der Waals surface area contributed by atoms with Crippen LogP contribution in [-0.2, 0) is 9.53 Å². The summed E-state index contributed by atoms with van der Waals surface area (Å²) in [5.41, 5.74) is 0. The highest BCUT2D eigenvalue weighted by molar-refractivity contribution is 5.76. The van der Waals surface area contributed by atoms with Gasteiger partial charge in [0.1, 0.15) is 0 Å². The minimum Gasteiger partial charge on any atom is -0.378 e. The fourth-order valence-corrected chi connectivity index (χ4v) is 2.52. The van der Waals surface area contributed by atoms with E-state index in [1.807, 2.05) is 0 Å². The molecule has 2 atom stereocenters. The number of rotatable bonds is 4. The second-order valence-electron chi connectivity index (χ2n) is 5.01. The Morgan fingerprint density at radius 3 is 3.12 bits per heavy atom. The van der Waals surface area contributed by atoms with Crippen molar-refractivity contribution in [1.82, 2.24) is 15.5 Å². The fourth-order valence-electron chi connectivity index (χ4n) is 2.52. The first-order chi connectivity index (χ1) is 8.25. The highest BCUT2D eigenvalue weighted by atomic mass is 16.5. The van der Waals surface area contributed by atoms with Gasteiger partial charge in [0.15, 0.2) is 0 Å². The number of likely N-dealkylation sites (N-methyl/N-ethyl adjacent to an activating group) is 1. The van der Waals surface area contributed by atoms with Crippen molar-refractivity contribution in [3.8, 4) is 0 Å². The van der Waals surface area contributed by atoms with E-state index in [9.17, 15) is 4.79 Å².